The summed E-state index contributed by atoms with van der Waals surface area (Å²) in [4.78, 5) is 22.2. The van der Waals surface area contributed by atoms with Crippen LogP contribution in [0.4, 0.5) is 5.82 Å². The maximum atomic E-state index is 11.7. The quantitative estimate of drug-likeness (QED) is 0.414. The number of carbonyl (C=O) groups excluding carboxylic acids is 1. The van der Waals surface area contributed by atoms with E-state index in [1.54, 1.807) is 6.07 Å². The zero-order valence-electron chi connectivity index (χ0n) is 18.5. The van der Waals surface area contributed by atoms with Crippen molar-refractivity contribution in [2.45, 2.75) is 39.3 Å². The Labute approximate surface area is 198 Å². The third-order valence-corrected chi connectivity index (χ3v) is 5.72. The topological polar surface area (TPSA) is 85.8 Å². The van der Waals surface area contributed by atoms with Gasteiger partial charge in [0.1, 0.15) is 17.3 Å². The SMILES string of the molecule is CCOc1cc(CN2CCC(Nc3cc(C(=O)OC)nc(Cl)n3)CC2)c(Cl)c(OCC)c1. The van der Waals surface area contributed by atoms with Crippen LogP contribution in [0.15, 0.2) is 18.2 Å². The van der Waals surface area contributed by atoms with Crippen LogP contribution in [-0.2, 0) is 11.3 Å². The molecule has 1 aliphatic heterocycles. The van der Waals surface area contributed by atoms with Crippen molar-refractivity contribution in [2.24, 2.45) is 0 Å². The summed E-state index contributed by atoms with van der Waals surface area (Å²) in [5.41, 5.74) is 1.11. The lowest BCUT2D eigenvalue weighted by Crippen LogP contribution is -2.38. The Kier molecular flexibility index (Phi) is 8.78. The normalized spacial score (nSPS) is 14.8. The molecule has 8 nitrogen and oxygen atoms in total. The minimum absolute atomic E-state index is 0.00163. The van der Waals surface area contributed by atoms with E-state index in [1.807, 2.05) is 26.0 Å². The summed E-state index contributed by atoms with van der Waals surface area (Å²) >= 11 is 12.6. The lowest BCUT2D eigenvalue weighted by atomic mass is 10.0. The number of ether oxygens (including phenoxy) is 3. The molecule has 1 fully saturated rings. The molecule has 1 aromatic heterocycles. The Morgan fingerprint density at radius 3 is 2.50 bits per heavy atom. The highest BCUT2D eigenvalue weighted by Crippen LogP contribution is 2.34. The van der Waals surface area contributed by atoms with Crippen LogP contribution in [-0.4, -0.2) is 60.3 Å². The van der Waals surface area contributed by atoms with E-state index in [2.05, 4.69) is 20.2 Å². The molecule has 0 saturated carbocycles. The monoisotopic (exact) mass is 482 g/mol. The Hall–Kier alpha value is -2.29. The fourth-order valence-corrected chi connectivity index (χ4v) is 4.05. The number of rotatable bonds is 9. The van der Waals surface area contributed by atoms with Crippen LogP contribution in [0.25, 0.3) is 0 Å². The Morgan fingerprint density at radius 2 is 1.84 bits per heavy atom. The van der Waals surface area contributed by atoms with E-state index in [9.17, 15) is 4.79 Å². The van der Waals surface area contributed by atoms with Crippen LogP contribution in [0.1, 0.15) is 42.7 Å². The molecule has 0 bridgehead atoms. The molecule has 0 radical (unpaired) electrons. The van der Waals surface area contributed by atoms with Crippen molar-refractivity contribution in [3.8, 4) is 11.5 Å². The molecule has 10 heteroatoms. The summed E-state index contributed by atoms with van der Waals surface area (Å²) in [5.74, 6) is 1.37. The van der Waals surface area contributed by atoms with Gasteiger partial charge in [0.2, 0.25) is 5.28 Å². The van der Waals surface area contributed by atoms with Gasteiger partial charge in [0.05, 0.1) is 25.3 Å². The van der Waals surface area contributed by atoms with E-state index in [0.717, 1.165) is 37.2 Å². The highest BCUT2D eigenvalue weighted by Gasteiger charge is 2.22. The second-order valence-electron chi connectivity index (χ2n) is 7.35. The van der Waals surface area contributed by atoms with Gasteiger partial charge in [0.15, 0.2) is 5.69 Å². The van der Waals surface area contributed by atoms with Gasteiger partial charge in [-0.2, -0.15) is 0 Å². The molecule has 1 N–H and O–H groups in total. The number of halogens is 2. The number of carbonyl (C=O) groups is 1. The Morgan fingerprint density at radius 1 is 1.12 bits per heavy atom. The smallest absolute Gasteiger partial charge is 0.356 e. The number of esters is 1. The fraction of sp³-hybridized carbons (Fsp3) is 0.500. The van der Waals surface area contributed by atoms with Gasteiger partial charge in [0.25, 0.3) is 0 Å². The Balaban J connectivity index is 1.62. The second-order valence-corrected chi connectivity index (χ2v) is 8.07. The van der Waals surface area contributed by atoms with Gasteiger partial charge in [0, 0.05) is 37.8 Å². The van der Waals surface area contributed by atoms with Crippen LogP contribution in [0.2, 0.25) is 10.3 Å². The molecular formula is C22H28Cl2N4O4. The van der Waals surface area contributed by atoms with Crippen LogP contribution < -0.4 is 14.8 Å². The van der Waals surface area contributed by atoms with Crippen LogP contribution >= 0.6 is 23.2 Å². The minimum Gasteiger partial charge on any atom is -0.494 e. The van der Waals surface area contributed by atoms with Crippen molar-refractivity contribution in [3.63, 3.8) is 0 Å². The van der Waals surface area contributed by atoms with E-state index in [0.29, 0.717) is 36.3 Å². The summed E-state index contributed by atoms with van der Waals surface area (Å²) in [6, 6.07) is 5.57. The number of hydrogen-bond donors (Lipinski definition) is 1. The zero-order chi connectivity index (χ0) is 23.1. The van der Waals surface area contributed by atoms with Crippen molar-refractivity contribution >= 4 is 35.0 Å². The summed E-state index contributed by atoms with van der Waals surface area (Å²) in [7, 11) is 1.30. The summed E-state index contributed by atoms with van der Waals surface area (Å²) in [6.45, 7) is 7.45. The molecule has 1 aliphatic rings. The number of benzene rings is 1. The average Bonchev–Trinajstić information content (AvgIpc) is 2.77. The molecule has 0 atom stereocenters. The molecule has 2 heterocycles. The van der Waals surface area contributed by atoms with Gasteiger partial charge in [-0.3, -0.25) is 4.90 Å². The molecule has 0 aliphatic carbocycles. The van der Waals surface area contributed by atoms with Crippen molar-refractivity contribution in [1.82, 2.24) is 14.9 Å². The predicted octanol–water partition coefficient (Wildman–Crippen LogP) is 4.44. The first kappa shape index (κ1) is 24.4. The summed E-state index contributed by atoms with van der Waals surface area (Å²) in [6.07, 6.45) is 1.80. The van der Waals surface area contributed by atoms with E-state index < -0.39 is 5.97 Å². The lowest BCUT2D eigenvalue weighted by molar-refractivity contribution is 0.0594. The third kappa shape index (κ3) is 6.37. The molecule has 0 amide bonds. The summed E-state index contributed by atoms with van der Waals surface area (Å²) in [5, 5.41) is 3.98. The highest BCUT2D eigenvalue weighted by molar-refractivity contribution is 6.32. The van der Waals surface area contributed by atoms with Crippen LogP contribution in [0, 0.1) is 0 Å². The molecular weight excluding hydrogens is 455 g/mol. The maximum Gasteiger partial charge on any atom is 0.356 e. The Bertz CT molecular complexity index is 936. The molecule has 1 aromatic carbocycles. The van der Waals surface area contributed by atoms with E-state index in [-0.39, 0.29) is 17.0 Å². The third-order valence-electron chi connectivity index (χ3n) is 5.13. The average molecular weight is 483 g/mol. The number of likely N-dealkylation sites (tertiary alicyclic amines) is 1. The number of piperidine rings is 1. The first-order chi connectivity index (χ1) is 15.4. The lowest BCUT2D eigenvalue weighted by Gasteiger charge is -2.33. The first-order valence-corrected chi connectivity index (χ1v) is 11.4. The van der Waals surface area contributed by atoms with Crippen molar-refractivity contribution in [3.05, 3.63) is 39.8 Å². The zero-order valence-corrected chi connectivity index (χ0v) is 20.0. The van der Waals surface area contributed by atoms with Gasteiger partial charge < -0.3 is 19.5 Å². The standard InChI is InChI=1S/C22H28Cl2N4O4/c1-4-31-16-10-14(20(23)18(11-16)32-5-2)13-28-8-6-15(7-9-28)25-19-12-17(21(29)30-3)26-22(24)27-19/h10-12,15H,4-9,13H2,1-3H3,(H,25,26,27). The number of nitrogens with zero attached hydrogens (tertiary/aromatic N) is 3. The largest absolute Gasteiger partial charge is 0.494 e. The molecule has 0 unspecified atom stereocenters. The van der Waals surface area contributed by atoms with Gasteiger partial charge >= 0.3 is 5.97 Å². The van der Waals surface area contributed by atoms with Crippen LogP contribution in [0.5, 0.6) is 11.5 Å². The minimum atomic E-state index is -0.551. The molecule has 3 rings (SSSR count). The molecule has 2 aromatic rings. The number of methoxy groups -OCH3 is 1. The second kappa shape index (κ2) is 11.5. The predicted molar refractivity (Wildman–Crippen MR) is 124 cm³/mol. The molecule has 32 heavy (non-hydrogen) atoms. The first-order valence-electron chi connectivity index (χ1n) is 10.6. The van der Waals surface area contributed by atoms with Crippen molar-refractivity contribution in [2.75, 3.05) is 38.7 Å². The van der Waals surface area contributed by atoms with Gasteiger partial charge in [-0.1, -0.05) is 11.6 Å². The number of anilines is 1. The van der Waals surface area contributed by atoms with E-state index >= 15 is 0 Å². The van der Waals surface area contributed by atoms with Crippen molar-refractivity contribution in [1.29, 1.82) is 0 Å². The number of nitrogens with one attached hydrogen (secondary N) is 1. The van der Waals surface area contributed by atoms with Gasteiger partial charge in [-0.15, -0.1) is 0 Å². The summed E-state index contributed by atoms with van der Waals surface area (Å²) < 4.78 is 16.1. The van der Waals surface area contributed by atoms with Crippen LogP contribution in [0.3, 0.4) is 0 Å². The molecule has 0 spiro atoms. The number of aromatic nitrogens is 2. The molecule has 174 valence electrons. The van der Waals surface area contributed by atoms with E-state index in [4.69, 9.17) is 37.4 Å². The highest BCUT2D eigenvalue weighted by atomic mass is 35.5. The maximum absolute atomic E-state index is 11.7. The van der Waals surface area contributed by atoms with Gasteiger partial charge in [-0.25, -0.2) is 14.8 Å². The number of hydrogen-bond acceptors (Lipinski definition) is 8. The van der Waals surface area contributed by atoms with Gasteiger partial charge in [-0.05, 0) is 49.9 Å². The van der Waals surface area contributed by atoms with E-state index in [1.165, 1.54) is 7.11 Å². The van der Waals surface area contributed by atoms with Crippen molar-refractivity contribution < 1.29 is 19.0 Å². The fourth-order valence-electron chi connectivity index (χ4n) is 3.64. The molecule has 1 saturated heterocycles.